The van der Waals surface area contributed by atoms with Gasteiger partial charge in [-0.15, -0.1) is 0 Å². The van der Waals surface area contributed by atoms with E-state index in [-0.39, 0.29) is 19.0 Å². The van der Waals surface area contributed by atoms with Crippen LogP contribution in [0.4, 0.5) is 0 Å². The molecule has 0 atom stereocenters. The lowest BCUT2D eigenvalue weighted by atomic mass is 9.98. The molecule has 0 aliphatic carbocycles. The fourth-order valence-corrected chi connectivity index (χ4v) is 2.84. The minimum Gasteiger partial charge on any atom is -0.496 e. The molecule has 0 aromatic heterocycles. The van der Waals surface area contributed by atoms with Gasteiger partial charge in [-0.25, -0.2) is 4.79 Å². The minimum absolute atomic E-state index is 0.0117. The van der Waals surface area contributed by atoms with Crippen LogP contribution in [-0.4, -0.2) is 25.5 Å². The van der Waals surface area contributed by atoms with Gasteiger partial charge in [-0.1, -0.05) is 19.9 Å². The molecule has 2 aromatic rings. The van der Waals surface area contributed by atoms with Crippen molar-refractivity contribution in [3.63, 3.8) is 0 Å². The highest BCUT2D eigenvalue weighted by Crippen LogP contribution is 2.24. The maximum atomic E-state index is 12.0. The molecule has 0 spiro atoms. The number of Topliss-reactive ketones (excluding diaryl/α,β-unsaturated/α-hetero) is 1. The van der Waals surface area contributed by atoms with Crippen molar-refractivity contribution >= 4 is 11.8 Å². The van der Waals surface area contributed by atoms with Crippen molar-refractivity contribution in [2.24, 2.45) is 0 Å². The number of hydrogen-bond acceptors (Lipinski definition) is 5. The normalized spacial score (nSPS) is 10.6. The summed E-state index contributed by atoms with van der Waals surface area (Å²) in [5.74, 6) is 1.08. The molecule has 0 saturated heterocycles. The van der Waals surface area contributed by atoms with Gasteiger partial charge in [0.15, 0.2) is 12.4 Å². The number of aryl methyl sites for hydroxylation is 1. The van der Waals surface area contributed by atoms with Crippen molar-refractivity contribution in [3.05, 3.63) is 58.7 Å². The van der Waals surface area contributed by atoms with Crippen molar-refractivity contribution in [3.8, 4) is 11.5 Å². The Morgan fingerprint density at radius 3 is 2.41 bits per heavy atom. The van der Waals surface area contributed by atoms with Crippen molar-refractivity contribution in [1.82, 2.24) is 0 Å². The molecule has 2 rings (SSSR count). The third kappa shape index (κ3) is 5.58. The van der Waals surface area contributed by atoms with Gasteiger partial charge in [0, 0.05) is 11.1 Å². The predicted octanol–water partition coefficient (Wildman–Crippen LogP) is 4.45. The molecule has 0 aliphatic rings. The molecule has 0 bridgehead atoms. The summed E-state index contributed by atoms with van der Waals surface area (Å²) in [4.78, 5) is 23.5. The first kappa shape index (κ1) is 20.5. The summed E-state index contributed by atoms with van der Waals surface area (Å²) >= 11 is 0. The summed E-state index contributed by atoms with van der Waals surface area (Å²) in [6, 6.07) is 10.8. The van der Waals surface area contributed by atoms with Crippen molar-refractivity contribution < 1.29 is 23.8 Å². The Morgan fingerprint density at radius 2 is 1.81 bits per heavy atom. The number of esters is 1. The van der Waals surface area contributed by atoms with E-state index in [1.165, 1.54) is 19.6 Å². The molecule has 5 nitrogen and oxygen atoms in total. The fraction of sp³-hybridized carbons (Fsp3) is 0.364. The highest BCUT2D eigenvalue weighted by atomic mass is 16.6. The topological polar surface area (TPSA) is 61.8 Å². The lowest BCUT2D eigenvalue weighted by Gasteiger charge is -2.13. The molecule has 0 radical (unpaired) electrons. The van der Waals surface area contributed by atoms with Crippen LogP contribution in [0, 0.1) is 6.92 Å². The first-order chi connectivity index (χ1) is 12.8. The average Bonchev–Trinajstić information content (AvgIpc) is 2.64. The van der Waals surface area contributed by atoms with Gasteiger partial charge >= 0.3 is 5.97 Å². The van der Waals surface area contributed by atoms with Crippen LogP contribution in [0.1, 0.15) is 53.7 Å². The van der Waals surface area contributed by atoms with Gasteiger partial charge in [0.25, 0.3) is 0 Å². The second-order valence-electron chi connectivity index (χ2n) is 6.71. The largest absolute Gasteiger partial charge is 0.496 e. The minimum atomic E-state index is -0.490. The van der Waals surface area contributed by atoms with Crippen LogP contribution >= 0.6 is 0 Å². The number of carbonyl (C=O) groups excluding carboxylic acids is 2. The number of ketones is 1. The van der Waals surface area contributed by atoms with Gasteiger partial charge in [-0.05, 0) is 61.2 Å². The Kier molecular flexibility index (Phi) is 6.99. The van der Waals surface area contributed by atoms with E-state index >= 15 is 0 Å². The van der Waals surface area contributed by atoms with Crippen LogP contribution < -0.4 is 9.47 Å². The molecule has 0 amide bonds. The van der Waals surface area contributed by atoms with E-state index < -0.39 is 5.97 Å². The highest BCUT2D eigenvalue weighted by molar-refractivity contribution is 5.94. The molecule has 2 aromatic carbocycles. The van der Waals surface area contributed by atoms with Crippen LogP contribution in [0.5, 0.6) is 11.5 Å². The molecule has 0 aliphatic heterocycles. The van der Waals surface area contributed by atoms with Crippen molar-refractivity contribution in [1.29, 1.82) is 0 Å². The second-order valence-corrected chi connectivity index (χ2v) is 6.71. The van der Waals surface area contributed by atoms with E-state index in [2.05, 4.69) is 13.8 Å². The molecule has 0 unspecified atom stereocenters. The number of rotatable bonds is 8. The third-order valence-electron chi connectivity index (χ3n) is 4.30. The number of ether oxygens (including phenoxy) is 3. The molecule has 27 heavy (non-hydrogen) atoms. The van der Waals surface area contributed by atoms with Gasteiger partial charge < -0.3 is 14.2 Å². The molecule has 144 valence electrons. The quantitative estimate of drug-likeness (QED) is 0.507. The number of benzene rings is 2. The van der Waals surface area contributed by atoms with Gasteiger partial charge in [0.05, 0.1) is 7.11 Å². The standard InChI is InChI=1S/C22H26O5/c1-14(2)20-8-7-19(10-15(20)3)26-13-22(24)27-12-18-11-17(16(4)23)6-9-21(18)25-5/h6-11,14H,12-13H2,1-5H3. The van der Waals surface area contributed by atoms with Gasteiger partial charge in [-0.3, -0.25) is 4.79 Å². The third-order valence-corrected chi connectivity index (χ3v) is 4.30. The Bertz CT molecular complexity index is 823. The Hall–Kier alpha value is -2.82. The van der Waals surface area contributed by atoms with Gasteiger partial charge in [-0.2, -0.15) is 0 Å². The Balaban J connectivity index is 1.94. The summed E-state index contributed by atoms with van der Waals surface area (Å²) in [5.41, 5.74) is 3.55. The summed E-state index contributed by atoms with van der Waals surface area (Å²) in [6.07, 6.45) is 0. The number of methoxy groups -OCH3 is 1. The van der Waals surface area contributed by atoms with Crippen molar-refractivity contribution in [2.45, 2.75) is 40.2 Å². The van der Waals surface area contributed by atoms with E-state index in [9.17, 15) is 9.59 Å². The van der Waals surface area contributed by atoms with Crippen molar-refractivity contribution in [2.75, 3.05) is 13.7 Å². The zero-order valence-electron chi connectivity index (χ0n) is 16.5. The smallest absolute Gasteiger partial charge is 0.344 e. The van der Waals surface area contributed by atoms with Crippen LogP contribution in [0.25, 0.3) is 0 Å². The maximum Gasteiger partial charge on any atom is 0.344 e. The Labute approximate surface area is 160 Å². The Morgan fingerprint density at radius 1 is 1.07 bits per heavy atom. The zero-order valence-corrected chi connectivity index (χ0v) is 16.5. The highest BCUT2D eigenvalue weighted by Gasteiger charge is 2.11. The van der Waals surface area contributed by atoms with Crippen LogP contribution in [0.2, 0.25) is 0 Å². The van der Waals surface area contributed by atoms with Gasteiger partial charge in [0.2, 0.25) is 0 Å². The lowest BCUT2D eigenvalue weighted by Crippen LogP contribution is -2.15. The number of carbonyl (C=O) groups is 2. The molecule has 0 saturated carbocycles. The first-order valence-corrected chi connectivity index (χ1v) is 8.88. The summed E-state index contributed by atoms with van der Waals surface area (Å²) in [7, 11) is 1.53. The summed E-state index contributed by atoms with van der Waals surface area (Å²) in [5, 5.41) is 0. The molecule has 5 heteroatoms. The number of hydrogen-bond donors (Lipinski definition) is 0. The van der Waals surface area contributed by atoms with Crippen LogP contribution in [0.3, 0.4) is 0 Å². The van der Waals surface area contributed by atoms with Crippen LogP contribution in [0.15, 0.2) is 36.4 Å². The van der Waals surface area contributed by atoms with E-state index in [0.717, 1.165) is 5.56 Å². The van der Waals surface area contributed by atoms with Crippen LogP contribution in [-0.2, 0) is 16.1 Å². The monoisotopic (exact) mass is 370 g/mol. The van der Waals surface area contributed by atoms with Gasteiger partial charge in [0.1, 0.15) is 18.1 Å². The zero-order chi connectivity index (χ0) is 20.0. The molecular formula is C22H26O5. The maximum absolute atomic E-state index is 12.0. The molecular weight excluding hydrogens is 344 g/mol. The first-order valence-electron chi connectivity index (χ1n) is 8.88. The summed E-state index contributed by atoms with van der Waals surface area (Å²) in [6.45, 7) is 7.60. The predicted molar refractivity (Wildman–Crippen MR) is 104 cm³/mol. The molecule has 0 N–H and O–H groups in total. The average molecular weight is 370 g/mol. The SMILES string of the molecule is COc1ccc(C(C)=O)cc1COC(=O)COc1ccc(C(C)C)c(C)c1. The second kappa shape index (κ2) is 9.21. The lowest BCUT2D eigenvalue weighted by molar-refractivity contribution is -0.147. The van der Waals surface area contributed by atoms with E-state index in [0.29, 0.717) is 28.5 Å². The van der Waals surface area contributed by atoms with E-state index in [1.807, 2.05) is 25.1 Å². The van der Waals surface area contributed by atoms with E-state index in [1.54, 1.807) is 18.2 Å². The van der Waals surface area contributed by atoms with E-state index in [4.69, 9.17) is 14.2 Å². The molecule has 0 fully saturated rings. The summed E-state index contributed by atoms with van der Waals surface area (Å²) < 4.78 is 16.0. The molecule has 0 heterocycles. The fourth-order valence-electron chi connectivity index (χ4n) is 2.84.